The normalized spacial score (nSPS) is 13.3. The summed E-state index contributed by atoms with van der Waals surface area (Å²) in [7, 11) is -3.88. The molecule has 4 N–H and O–H groups in total. The van der Waals surface area contributed by atoms with Gasteiger partial charge in [-0.2, -0.15) is 5.26 Å². The Labute approximate surface area is 201 Å². The number of nitriles is 1. The molecule has 0 spiro atoms. The molecule has 5 rings (SSSR count). The fraction of sp³-hybridized carbons (Fsp3) is 0.208. The van der Waals surface area contributed by atoms with Crippen LogP contribution in [-0.4, -0.2) is 31.0 Å². The number of rotatable bonds is 6. The number of benzene rings is 2. The number of amides is 1. The summed E-state index contributed by atoms with van der Waals surface area (Å²) in [6, 6.07) is 11.8. The van der Waals surface area contributed by atoms with Gasteiger partial charge < -0.3 is 20.1 Å². The zero-order chi connectivity index (χ0) is 24.6. The molecule has 0 radical (unpaired) electrons. The maximum atomic E-state index is 13.0. The van der Waals surface area contributed by atoms with E-state index in [0.717, 1.165) is 29.0 Å². The van der Waals surface area contributed by atoms with Crippen LogP contribution in [0.5, 0.6) is 0 Å². The summed E-state index contributed by atoms with van der Waals surface area (Å²) in [6.07, 6.45) is 2.25. The molecule has 0 unspecified atom stereocenters. The maximum absolute atomic E-state index is 13.0. The van der Waals surface area contributed by atoms with E-state index in [-0.39, 0.29) is 23.0 Å². The molecule has 0 aliphatic carbocycles. The summed E-state index contributed by atoms with van der Waals surface area (Å²) in [5.41, 5.74) is 4.00. The fourth-order valence-electron chi connectivity index (χ4n) is 4.17. The standard InChI is InChI=1S/C24H22N6O4S/c1-14-2-7-19(23-21(14)16(10-25)12-27-23)30-35(32,33)17-5-3-15(4-6-17)11-28-24(31)22-18-13-26-9-8-20(18)34-29-22/h2-7,12,26-27,30H,8-9,11,13H2,1H3,(H,28,31). The van der Waals surface area contributed by atoms with Crippen LogP contribution in [-0.2, 0) is 29.5 Å². The second-order valence-electron chi connectivity index (χ2n) is 8.29. The summed E-state index contributed by atoms with van der Waals surface area (Å²) in [5, 5.41) is 19.9. The van der Waals surface area contributed by atoms with Crippen LogP contribution in [0.4, 0.5) is 5.69 Å². The number of hydrogen-bond acceptors (Lipinski definition) is 7. The molecule has 2 aromatic carbocycles. The van der Waals surface area contributed by atoms with Gasteiger partial charge in [0.05, 0.1) is 21.7 Å². The van der Waals surface area contributed by atoms with Crippen LogP contribution < -0.4 is 15.4 Å². The lowest BCUT2D eigenvalue weighted by atomic mass is 10.1. The van der Waals surface area contributed by atoms with Crippen molar-refractivity contribution in [3.8, 4) is 6.07 Å². The van der Waals surface area contributed by atoms with Gasteiger partial charge in [-0.25, -0.2) is 8.42 Å². The third-order valence-electron chi connectivity index (χ3n) is 6.01. The Morgan fingerprint density at radius 1 is 1.23 bits per heavy atom. The third-order valence-corrected chi connectivity index (χ3v) is 7.39. The predicted molar refractivity (Wildman–Crippen MR) is 128 cm³/mol. The van der Waals surface area contributed by atoms with E-state index in [0.29, 0.717) is 35.1 Å². The van der Waals surface area contributed by atoms with E-state index in [1.807, 2.05) is 6.92 Å². The Bertz CT molecular complexity index is 1580. The number of nitrogens with zero attached hydrogens (tertiary/aromatic N) is 2. The number of aryl methyl sites for hydroxylation is 1. The lowest BCUT2D eigenvalue weighted by Gasteiger charge is -2.12. The Hall–Kier alpha value is -4.14. The van der Waals surface area contributed by atoms with Crippen molar-refractivity contribution in [2.75, 3.05) is 11.3 Å². The van der Waals surface area contributed by atoms with Crippen molar-refractivity contribution in [1.29, 1.82) is 5.26 Å². The summed E-state index contributed by atoms with van der Waals surface area (Å²) in [4.78, 5) is 15.6. The van der Waals surface area contributed by atoms with Gasteiger partial charge in [-0.15, -0.1) is 0 Å². The molecular weight excluding hydrogens is 468 g/mol. The van der Waals surface area contributed by atoms with Gasteiger partial charge in [-0.3, -0.25) is 9.52 Å². The second-order valence-corrected chi connectivity index (χ2v) is 9.97. The first-order chi connectivity index (χ1) is 16.9. The van der Waals surface area contributed by atoms with Gasteiger partial charge >= 0.3 is 0 Å². The van der Waals surface area contributed by atoms with Crippen molar-refractivity contribution in [2.45, 2.75) is 31.3 Å². The largest absolute Gasteiger partial charge is 0.360 e. The molecule has 0 bridgehead atoms. The third kappa shape index (κ3) is 4.25. The van der Waals surface area contributed by atoms with Crippen LogP contribution in [0.25, 0.3) is 10.9 Å². The number of sulfonamides is 1. The van der Waals surface area contributed by atoms with Crippen LogP contribution in [0.3, 0.4) is 0 Å². The van der Waals surface area contributed by atoms with E-state index in [1.165, 1.54) is 12.1 Å². The van der Waals surface area contributed by atoms with Gasteiger partial charge in [-0.1, -0.05) is 23.4 Å². The highest BCUT2D eigenvalue weighted by atomic mass is 32.2. The van der Waals surface area contributed by atoms with Crippen LogP contribution in [0, 0.1) is 18.3 Å². The van der Waals surface area contributed by atoms with Gasteiger partial charge in [0.25, 0.3) is 15.9 Å². The van der Waals surface area contributed by atoms with Gasteiger partial charge in [0.15, 0.2) is 5.69 Å². The monoisotopic (exact) mass is 490 g/mol. The molecule has 35 heavy (non-hydrogen) atoms. The van der Waals surface area contributed by atoms with Crippen molar-refractivity contribution in [1.82, 2.24) is 20.8 Å². The van der Waals surface area contributed by atoms with Crippen LogP contribution in [0.2, 0.25) is 0 Å². The molecule has 1 amide bonds. The minimum atomic E-state index is -3.88. The van der Waals surface area contributed by atoms with Gasteiger partial charge in [-0.05, 0) is 36.2 Å². The zero-order valence-electron chi connectivity index (χ0n) is 18.8. The highest BCUT2D eigenvalue weighted by molar-refractivity contribution is 7.92. The minimum absolute atomic E-state index is 0.0741. The van der Waals surface area contributed by atoms with E-state index in [1.54, 1.807) is 30.5 Å². The van der Waals surface area contributed by atoms with E-state index in [2.05, 4.69) is 31.6 Å². The first-order valence-electron chi connectivity index (χ1n) is 11.0. The Morgan fingerprint density at radius 3 is 2.80 bits per heavy atom. The van der Waals surface area contributed by atoms with E-state index in [4.69, 9.17) is 4.52 Å². The molecule has 10 nitrogen and oxygen atoms in total. The number of aromatic nitrogens is 2. The number of carbonyl (C=O) groups excluding carboxylic acids is 1. The average molecular weight is 491 g/mol. The highest BCUT2D eigenvalue weighted by Gasteiger charge is 2.24. The maximum Gasteiger partial charge on any atom is 0.274 e. The number of H-pyrrole nitrogens is 1. The van der Waals surface area contributed by atoms with Crippen molar-refractivity contribution in [3.05, 3.63) is 76.3 Å². The topological polar surface area (TPSA) is 153 Å². The molecule has 1 aliphatic rings. The highest BCUT2D eigenvalue weighted by Crippen LogP contribution is 2.30. The Kier molecular flexibility index (Phi) is 5.76. The van der Waals surface area contributed by atoms with Crippen LogP contribution in [0.15, 0.2) is 52.0 Å². The van der Waals surface area contributed by atoms with Crippen LogP contribution >= 0.6 is 0 Å². The quantitative estimate of drug-likeness (QED) is 0.324. The summed E-state index contributed by atoms with van der Waals surface area (Å²) in [6.45, 7) is 3.39. The van der Waals surface area contributed by atoms with Gasteiger partial charge in [0, 0.05) is 43.2 Å². The van der Waals surface area contributed by atoms with Crippen molar-refractivity contribution in [3.63, 3.8) is 0 Å². The number of carbonyl (C=O) groups is 1. The summed E-state index contributed by atoms with van der Waals surface area (Å²) >= 11 is 0. The number of aromatic amines is 1. The summed E-state index contributed by atoms with van der Waals surface area (Å²) < 4.78 is 33.8. The lowest BCUT2D eigenvalue weighted by Crippen LogP contribution is -2.28. The molecule has 178 valence electrons. The number of fused-ring (bicyclic) bond motifs is 2. The van der Waals surface area contributed by atoms with Crippen LogP contribution in [0.1, 0.15) is 38.5 Å². The van der Waals surface area contributed by atoms with Crippen molar-refractivity contribution >= 4 is 32.5 Å². The van der Waals surface area contributed by atoms with Gasteiger partial charge in [0.2, 0.25) is 0 Å². The SMILES string of the molecule is Cc1ccc(NS(=O)(=O)c2ccc(CNC(=O)c3noc4c3CNCC4)cc2)c2[nH]cc(C#N)c12. The van der Waals surface area contributed by atoms with E-state index < -0.39 is 10.0 Å². The van der Waals surface area contributed by atoms with Gasteiger partial charge in [0.1, 0.15) is 11.8 Å². The molecule has 0 saturated carbocycles. The Balaban J connectivity index is 1.29. The molecule has 0 saturated heterocycles. The minimum Gasteiger partial charge on any atom is -0.360 e. The molecular formula is C24H22N6O4S. The molecule has 0 atom stereocenters. The average Bonchev–Trinajstić information content (AvgIpc) is 3.50. The fourth-order valence-corrected chi connectivity index (χ4v) is 5.24. The van der Waals surface area contributed by atoms with Crippen molar-refractivity contribution in [2.24, 2.45) is 0 Å². The number of anilines is 1. The first kappa shape index (κ1) is 22.6. The van der Waals surface area contributed by atoms with E-state index in [9.17, 15) is 18.5 Å². The zero-order valence-corrected chi connectivity index (χ0v) is 19.6. The van der Waals surface area contributed by atoms with E-state index >= 15 is 0 Å². The number of hydrogen-bond donors (Lipinski definition) is 4. The first-order valence-corrected chi connectivity index (χ1v) is 12.4. The molecule has 11 heteroatoms. The molecule has 4 aromatic rings. The summed E-state index contributed by atoms with van der Waals surface area (Å²) in [5.74, 6) is 0.383. The smallest absolute Gasteiger partial charge is 0.274 e. The molecule has 0 fully saturated rings. The number of nitrogens with one attached hydrogen (secondary N) is 4. The molecule has 1 aliphatic heterocycles. The molecule has 3 heterocycles. The Morgan fingerprint density at radius 2 is 2.03 bits per heavy atom. The lowest BCUT2D eigenvalue weighted by molar-refractivity contribution is 0.0941. The van der Waals surface area contributed by atoms with Crippen molar-refractivity contribution < 1.29 is 17.7 Å². The molecule has 2 aromatic heterocycles. The second kappa shape index (κ2) is 8.90. The predicted octanol–water partition coefficient (Wildman–Crippen LogP) is 2.71.